The summed E-state index contributed by atoms with van der Waals surface area (Å²) >= 11 is 0. The molecule has 6 rings (SSSR count). The highest BCUT2D eigenvalue weighted by Crippen LogP contribution is 2.68. The average Bonchev–Trinajstić information content (AvgIpc) is 3.86. The van der Waals surface area contributed by atoms with Gasteiger partial charge in [0.2, 0.25) is 0 Å². The molecule has 0 radical (unpaired) electrons. The van der Waals surface area contributed by atoms with E-state index in [2.05, 4.69) is 0 Å². The van der Waals surface area contributed by atoms with E-state index in [9.17, 15) is 83.4 Å². The molecule has 15 unspecified atom stereocenters. The maximum atomic E-state index is 14.3. The molecular formula is C41H57F19O. The third kappa shape index (κ3) is 8.75. The van der Waals surface area contributed by atoms with Crippen molar-refractivity contribution in [3.05, 3.63) is 0 Å². The molecule has 0 aromatic heterocycles. The second-order valence-electron chi connectivity index (χ2n) is 20.5. The summed E-state index contributed by atoms with van der Waals surface area (Å²) in [6.07, 6.45) is -29.3. The third-order valence-electron chi connectivity index (χ3n) is 16.9. The molecule has 20 heteroatoms. The fourth-order valence-electron chi connectivity index (χ4n) is 11.7. The smallest absolute Gasteiger partial charge is 0.374 e. The van der Waals surface area contributed by atoms with E-state index in [4.69, 9.17) is 4.74 Å². The lowest BCUT2D eigenvalue weighted by atomic mass is 9.67. The first-order chi connectivity index (χ1) is 26.9. The van der Waals surface area contributed by atoms with E-state index in [1.807, 2.05) is 20.8 Å². The van der Waals surface area contributed by atoms with Crippen molar-refractivity contribution in [1.29, 1.82) is 0 Å². The number of hydrogen-bond acceptors (Lipinski definition) is 1. The Morgan fingerprint density at radius 1 is 0.426 bits per heavy atom. The molecule has 0 amide bonds. The molecule has 6 bridgehead atoms. The van der Waals surface area contributed by atoms with Crippen molar-refractivity contribution in [2.75, 3.05) is 0 Å². The molecule has 0 N–H and O–H groups in total. The van der Waals surface area contributed by atoms with Gasteiger partial charge in [-0.1, -0.05) is 55.4 Å². The van der Waals surface area contributed by atoms with Crippen LogP contribution in [0.1, 0.15) is 108 Å². The summed E-state index contributed by atoms with van der Waals surface area (Å²) in [5.41, 5.74) is -9.82. The van der Waals surface area contributed by atoms with Crippen LogP contribution in [0.2, 0.25) is 0 Å². The fraction of sp³-hybridized carbons (Fsp3) is 1.00. The van der Waals surface area contributed by atoms with Crippen LogP contribution in [0.3, 0.4) is 0 Å². The van der Waals surface area contributed by atoms with Crippen molar-refractivity contribution in [2.45, 2.75) is 163 Å². The first-order valence-electron chi connectivity index (χ1n) is 20.7. The van der Waals surface area contributed by atoms with Gasteiger partial charge in [-0.25, -0.2) is 17.6 Å². The molecule has 2 heterocycles. The van der Waals surface area contributed by atoms with Gasteiger partial charge >= 0.3 is 30.9 Å². The zero-order valence-electron chi connectivity index (χ0n) is 35.5. The monoisotopic (exact) mass is 926 g/mol. The number of ether oxygens (including phenoxy) is 1. The normalized spacial score (nSPS) is 39.6. The Morgan fingerprint density at radius 2 is 0.770 bits per heavy atom. The number of alkyl halides is 19. The molecule has 6 aliphatic rings. The molecule has 61 heavy (non-hydrogen) atoms. The molecule has 6 fully saturated rings. The van der Waals surface area contributed by atoms with Crippen molar-refractivity contribution in [3.63, 3.8) is 0 Å². The van der Waals surface area contributed by atoms with Gasteiger partial charge < -0.3 is 4.74 Å². The topological polar surface area (TPSA) is 9.23 Å². The Morgan fingerprint density at radius 3 is 1.07 bits per heavy atom. The first-order valence-corrected chi connectivity index (χ1v) is 20.7. The predicted molar refractivity (Wildman–Crippen MR) is 186 cm³/mol. The van der Waals surface area contributed by atoms with Crippen LogP contribution in [-0.4, -0.2) is 54.9 Å². The molecule has 4 saturated carbocycles. The molecule has 15 atom stereocenters. The van der Waals surface area contributed by atoms with E-state index >= 15 is 0 Å². The van der Waals surface area contributed by atoms with Gasteiger partial charge in [-0.3, -0.25) is 0 Å². The first kappa shape index (κ1) is 52.3. The molecule has 0 aromatic carbocycles. The molecule has 360 valence electrons. The van der Waals surface area contributed by atoms with Crippen LogP contribution >= 0.6 is 0 Å². The van der Waals surface area contributed by atoms with Crippen molar-refractivity contribution < 1.29 is 88.2 Å². The second kappa shape index (κ2) is 15.9. The SMILES string of the molecule is CC1C(C)C2CC1C(CC(C)(C(F)(F)F)C(F)(F)F)C2(F)F.CC1C(C)C2CC1C(CC(C)(C)C(F)(F)F)C2(F)F.CC1C2CC(CC(C)(C(F)(F)F)C(F)(F)F)C(O2)C1C. The molecule has 4 aliphatic carbocycles. The Balaban J connectivity index is 0.000000202. The van der Waals surface area contributed by atoms with E-state index in [0.29, 0.717) is 6.42 Å². The van der Waals surface area contributed by atoms with Crippen LogP contribution in [0, 0.1) is 93.2 Å². The van der Waals surface area contributed by atoms with Crippen molar-refractivity contribution in [3.8, 4) is 0 Å². The standard InChI is InChI=1S/C14H18F8.C14H21F5.C13H18F6O/c1-6-7(2)9-4-8(6)10(12(9,15)16)5-11(3,13(17,18)19)14(20,21)22;1-7-8(2)10-5-9(7)11(13(10,15)16)6-12(3,4)14(17,18)19;1-6-7(2)10-8(4-9(6)20-10)5-11(3,12(14,15)16)13(17,18)19/h6-10H,4-5H2,1-3H3;7-11H,5-6H2,1-4H3;6-10H,4-5H2,1-3H3. The van der Waals surface area contributed by atoms with E-state index in [1.54, 1.807) is 20.8 Å². The third-order valence-corrected chi connectivity index (χ3v) is 16.9. The molecule has 2 aliphatic heterocycles. The Labute approximate surface area is 344 Å². The summed E-state index contributed by atoms with van der Waals surface area (Å²) in [5.74, 6) is -13.5. The minimum atomic E-state index is -5.61. The number of fused-ring (bicyclic) bond motifs is 6. The van der Waals surface area contributed by atoms with Gasteiger partial charge in [-0.15, -0.1) is 0 Å². The summed E-state index contributed by atoms with van der Waals surface area (Å²) in [7, 11) is 0. The Kier molecular flexibility index (Phi) is 13.6. The molecule has 0 aromatic rings. The Bertz CT molecular complexity index is 1490. The summed E-state index contributed by atoms with van der Waals surface area (Å²) in [5, 5.41) is 0. The fourth-order valence-corrected chi connectivity index (χ4v) is 11.7. The highest BCUT2D eigenvalue weighted by Gasteiger charge is 2.74. The maximum Gasteiger partial charge on any atom is 0.402 e. The predicted octanol–water partition coefficient (Wildman–Crippen LogP) is 15.4. The largest absolute Gasteiger partial charge is 0.402 e. The lowest BCUT2D eigenvalue weighted by Gasteiger charge is -2.43. The summed E-state index contributed by atoms with van der Waals surface area (Å²) in [4.78, 5) is 0. The molecule has 0 spiro atoms. The average molecular weight is 927 g/mol. The number of hydrogen-bond donors (Lipinski definition) is 0. The van der Waals surface area contributed by atoms with Gasteiger partial charge in [0.15, 0.2) is 10.8 Å². The number of rotatable bonds is 6. The van der Waals surface area contributed by atoms with Gasteiger partial charge in [0.05, 0.1) is 17.6 Å². The van der Waals surface area contributed by atoms with Crippen LogP contribution in [0.5, 0.6) is 0 Å². The lowest BCUT2D eigenvalue weighted by Crippen LogP contribution is -2.52. The van der Waals surface area contributed by atoms with Crippen LogP contribution in [-0.2, 0) is 4.74 Å². The van der Waals surface area contributed by atoms with Crippen LogP contribution in [0.15, 0.2) is 0 Å². The highest BCUT2D eigenvalue weighted by molar-refractivity contribution is 5.11. The van der Waals surface area contributed by atoms with Gasteiger partial charge in [0, 0.05) is 23.7 Å². The lowest BCUT2D eigenvalue weighted by molar-refractivity contribution is -0.345. The quantitative estimate of drug-likeness (QED) is 0.241. The Hall–Kier alpha value is -1.37. The summed E-state index contributed by atoms with van der Waals surface area (Å²) < 4.78 is 257. The van der Waals surface area contributed by atoms with E-state index in [0.717, 1.165) is 13.8 Å². The van der Waals surface area contributed by atoms with Crippen molar-refractivity contribution in [2.24, 2.45) is 93.2 Å². The second-order valence-corrected chi connectivity index (χ2v) is 20.5. The van der Waals surface area contributed by atoms with E-state index < -0.39 is 120 Å². The molecule has 2 saturated heterocycles. The zero-order chi connectivity index (χ0) is 47.6. The van der Waals surface area contributed by atoms with E-state index in [-0.39, 0.29) is 74.2 Å². The number of halogens is 19. The maximum absolute atomic E-state index is 14.3. The van der Waals surface area contributed by atoms with Crippen LogP contribution < -0.4 is 0 Å². The van der Waals surface area contributed by atoms with Crippen molar-refractivity contribution in [1.82, 2.24) is 0 Å². The van der Waals surface area contributed by atoms with Gasteiger partial charge in [0.1, 0.15) is 0 Å². The molecule has 1 nitrogen and oxygen atoms in total. The van der Waals surface area contributed by atoms with Gasteiger partial charge in [-0.05, 0) is 106 Å². The molecular weight excluding hydrogens is 869 g/mol. The minimum Gasteiger partial charge on any atom is -0.374 e. The van der Waals surface area contributed by atoms with Crippen molar-refractivity contribution >= 4 is 0 Å². The highest BCUT2D eigenvalue weighted by atomic mass is 19.4. The van der Waals surface area contributed by atoms with Gasteiger partial charge in [-0.2, -0.15) is 65.9 Å². The minimum absolute atomic E-state index is 0.00414. The summed E-state index contributed by atoms with van der Waals surface area (Å²) in [6, 6.07) is 0. The summed E-state index contributed by atoms with van der Waals surface area (Å²) in [6.45, 7) is 13.0. The van der Waals surface area contributed by atoms with Gasteiger partial charge in [0.25, 0.3) is 11.8 Å². The zero-order valence-corrected chi connectivity index (χ0v) is 35.5. The van der Waals surface area contributed by atoms with Crippen LogP contribution in [0.25, 0.3) is 0 Å². The van der Waals surface area contributed by atoms with Crippen LogP contribution in [0.4, 0.5) is 83.4 Å². The van der Waals surface area contributed by atoms with E-state index in [1.165, 1.54) is 0 Å².